The van der Waals surface area contributed by atoms with Crippen LogP contribution in [0, 0.1) is 5.82 Å². The van der Waals surface area contributed by atoms with Crippen LogP contribution in [-0.4, -0.2) is 27.8 Å². The van der Waals surface area contributed by atoms with Crippen molar-refractivity contribution in [1.29, 1.82) is 0 Å². The van der Waals surface area contributed by atoms with Gasteiger partial charge in [-0.1, -0.05) is 36.4 Å². The minimum atomic E-state index is -0.805. The summed E-state index contributed by atoms with van der Waals surface area (Å²) in [6.07, 6.45) is 0. The molecule has 0 fully saturated rings. The van der Waals surface area contributed by atoms with Gasteiger partial charge in [0, 0.05) is 22.5 Å². The van der Waals surface area contributed by atoms with Crippen LogP contribution in [0.3, 0.4) is 0 Å². The molecule has 7 nitrogen and oxygen atoms in total. The number of para-hydroxylation sites is 1. The zero-order valence-corrected chi connectivity index (χ0v) is 18.6. The number of fused-ring (bicyclic) bond motifs is 1. The number of allylic oxidation sites excluding steroid dienone is 1. The molecule has 0 aliphatic carbocycles. The van der Waals surface area contributed by atoms with Crippen LogP contribution in [0.5, 0.6) is 5.75 Å². The summed E-state index contributed by atoms with van der Waals surface area (Å²) in [4.78, 5) is 18.0. The van der Waals surface area contributed by atoms with Gasteiger partial charge in [-0.2, -0.15) is 4.98 Å². The molecule has 3 aromatic carbocycles. The highest BCUT2D eigenvalue weighted by atomic mass is 19.1. The van der Waals surface area contributed by atoms with Crippen molar-refractivity contribution in [1.82, 2.24) is 14.8 Å². The van der Waals surface area contributed by atoms with E-state index >= 15 is 4.39 Å². The van der Waals surface area contributed by atoms with Crippen molar-refractivity contribution < 1.29 is 13.9 Å². The number of hydrogen-bond acceptors (Lipinski definition) is 5. The lowest BCUT2D eigenvalue weighted by Gasteiger charge is -2.28. The van der Waals surface area contributed by atoms with Gasteiger partial charge in [0.15, 0.2) is 5.82 Å². The average molecular weight is 455 g/mol. The van der Waals surface area contributed by atoms with Gasteiger partial charge in [-0.3, -0.25) is 4.79 Å². The van der Waals surface area contributed by atoms with Crippen molar-refractivity contribution in [3.05, 3.63) is 102 Å². The summed E-state index contributed by atoms with van der Waals surface area (Å²) in [7, 11) is 1.60. The predicted molar refractivity (Wildman–Crippen MR) is 128 cm³/mol. The van der Waals surface area contributed by atoms with E-state index in [-0.39, 0.29) is 5.91 Å². The number of carbonyl (C=O) groups excluding carboxylic acids is 1. The van der Waals surface area contributed by atoms with Gasteiger partial charge in [0.05, 0.1) is 12.7 Å². The molecule has 0 spiro atoms. The Bertz CT molecular complexity index is 1380. The Labute approximate surface area is 195 Å². The highest BCUT2D eigenvalue weighted by Gasteiger charge is 2.35. The maximum Gasteiger partial charge on any atom is 0.255 e. The average Bonchev–Trinajstić information content (AvgIpc) is 3.28. The molecule has 4 aromatic rings. The van der Waals surface area contributed by atoms with Crippen LogP contribution in [0.2, 0.25) is 0 Å². The van der Waals surface area contributed by atoms with Gasteiger partial charge in [0.25, 0.3) is 5.91 Å². The van der Waals surface area contributed by atoms with Crippen LogP contribution >= 0.6 is 0 Å². The summed E-state index contributed by atoms with van der Waals surface area (Å²) >= 11 is 0. The number of benzene rings is 3. The fourth-order valence-electron chi connectivity index (χ4n) is 4.01. The Morgan fingerprint density at radius 1 is 1.03 bits per heavy atom. The first-order valence-corrected chi connectivity index (χ1v) is 10.7. The van der Waals surface area contributed by atoms with Crippen molar-refractivity contribution in [3.63, 3.8) is 0 Å². The van der Waals surface area contributed by atoms with E-state index in [4.69, 9.17) is 4.74 Å². The van der Waals surface area contributed by atoms with Gasteiger partial charge in [0.2, 0.25) is 5.95 Å². The van der Waals surface area contributed by atoms with E-state index < -0.39 is 11.9 Å². The Morgan fingerprint density at radius 2 is 1.74 bits per heavy atom. The quantitative estimate of drug-likeness (QED) is 0.442. The van der Waals surface area contributed by atoms with Crippen LogP contribution < -0.4 is 15.4 Å². The molecule has 2 heterocycles. The lowest BCUT2D eigenvalue weighted by Crippen LogP contribution is -2.32. The summed E-state index contributed by atoms with van der Waals surface area (Å²) < 4.78 is 21.8. The molecule has 1 amide bonds. The maximum absolute atomic E-state index is 15.0. The van der Waals surface area contributed by atoms with Crippen LogP contribution in [0.1, 0.15) is 18.5 Å². The summed E-state index contributed by atoms with van der Waals surface area (Å²) in [5, 5.41) is 10.7. The van der Waals surface area contributed by atoms with Gasteiger partial charge in [-0.15, -0.1) is 5.10 Å². The van der Waals surface area contributed by atoms with Crippen molar-refractivity contribution in [2.24, 2.45) is 0 Å². The first-order valence-electron chi connectivity index (χ1n) is 10.7. The minimum Gasteiger partial charge on any atom is -0.497 e. The summed E-state index contributed by atoms with van der Waals surface area (Å²) in [5.41, 5.74) is 2.66. The second-order valence-electron chi connectivity index (χ2n) is 7.84. The summed E-state index contributed by atoms with van der Waals surface area (Å²) in [6, 6.07) is 22.1. The van der Waals surface area contributed by atoms with Gasteiger partial charge < -0.3 is 15.4 Å². The number of ether oxygens (including phenoxy) is 1. The zero-order chi connectivity index (χ0) is 23.7. The van der Waals surface area contributed by atoms with Crippen molar-refractivity contribution in [2.45, 2.75) is 13.0 Å². The first kappa shape index (κ1) is 21.4. The Balaban J connectivity index is 1.60. The van der Waals surface area contributed by atoms with E-state index in [0.717, 1.165) is 5.56 Å². The highest BCUT2D eigenvalue weighted by Crippen LogP contribution is 2.37. The number of rotatable bonds is 5. The molecule has 0 bridgehead atoms. The van der Waals surface area contributed by atoms with Crippen molar-refractivity contribution in [2.75, 3.05) is 17.7 Å². The van der Waals surface area contributed by atoms with E-state index in [2.05, 4.69) is 20.7 Å². The molecule has 0 saturated carbocycles. The largest absolute Gasteiger partial charge is 0.497 e. The van der Waals surface area contributed by atoms with Crippen LogP contribution in [0.15, 0.2) is 90.1 Å². The Kier molecular flexibility index (Phi) is 5.55. The molecule has 1 aromatic heterocycles. The van der Waals surface area contributed by atoms with E-state index in [9.17, 15) is 4.79 Å². The Hall–Kier alpha value is -4.46. The molecule has 2 N–H and O–H groups in total. The molecule has 1 unspecified atom stereocenters. The third-order valence-corrected chi connectivity index (χ3v) is 5.68. The summed E-state index contributed by atoms with van der Waals surface area (Å²) in [6.45, 7) is 1.78. The van der Waals surface area contributed by atoms with E-state index in [1.165, 1.54) is 6.07 Å². The number of carbonyl (C=O) groups is 1. The van der Waals surface area contributed by atoms with Gasteiger partial charge in [-0.05, 0) is 49.4 Å². The number of aromatic nitrogens is 3. The number of anilines is 2. The molecule has 8 heteroatoms. The molecule has 34 heavy (non-hydrogen) atoms. The number of hydrogen-bond donors (Lipinski definition) is 2. The van der Waals surface area contributed by atoms with Gasteiger partial charge in [0.1, 0.15) is 17.6 Å². The van der Waals surface area contributed by atoms with Crippen LogP contribution in [0.25, 0.3) is 11.4 Å². The number of nitrogens with zero attached hydrogens (tertiary/aromatic N) is 3. The molecule has 1 atom stereocenters. The fourth-order valence-corrected chi connectivity index (χ4v) is 4.01. The van der Waals surface area contributed by atoms with Crippen LogP contribution in [0.4, 0.5) is 16.0 Å². The normalized spacial score (nSPS) is 14.9. The smallest absolute Gasteiger partial charge is 0.255 e. The molecule has 5 rings (SSSR count). The number of amides is 1. The fraction of sp³-hybridized carbons (Fsp3) is 0.115. The maximum atomic E-state index is 15.0. The molecular weight excluding hydrogens is 433 g/mol. The summed E-state index contributed by atoms with van der Waals surface area (Å²) in [5.74, 6) is 0.806. The monoisotopic (exact) mass is 455 g/mol. The third-order valence-electron chi connectivity index (χ3n) is 5.68. The third kappa shape index (κ3) is 3.90. The standard InChI is InChI=1S/C26H22FN5O2/c1-16-22(25(33)29-18-8-4-3-5-9-18)23(20-10-6-7-11-21(20)27)32-26(28-16)30-24(31-32)17-12-14-19(34-2)15-13-17/h3-15,23H,1-2H3,(H,29,33)(H,28,30,31). The molecule has 0 saturated heterocycles. The van der Waals surface area contributed by atoms with E-state index in [1.807, 2.05) is 42.5 Å². The van der Waals surface area contributed by atoms with Crippen molar-refractivity contribution >= 4 is 17.5 Å². The topological polar surface area (TPSA) is 81.1 Å². The number of methoxy groups -OCH3 is 1. The lowest BCUT2D eigenvalue weighted by molar-refractivity contribution is -0.113. The zero-order valence-electron chi connectivity index (χ0n) is 18.6. The number of halogens is 1. The van der Waals surface area contributed by atoms with Crippen LogP contribution in [-0.2, 0) is 4.79 Å². The SMILES string of the molecule is COc1ccc(-c2nc3n(n2)C(c2ccccc2F)C(C(=O)Nc2ccccc2)=C(C)N3)cc1. The second kappa shape index (κ2) is 8.82. The second-order valence-corrected chi connectivity index (χ2v) is 7.84. The van der Waals surface area contributed by atoms with E-state index in [0.29, 0.717) is 40.0 Å². The highest BCUT2D eigenvalue weighted by molar-refractivity contribution is 6.06. The molecule has 1 aliphatic rings. The van der Waals surface area contributed by atoms with Gasteiger partial charge in [-0.25, -0.2) is 9.07 Å². The lowest BCUT2D eigenvalue weighted by atomic mass is 9.94. The first-order chi connectivity index (χ1) is 16.5. The number of nitrogens with one attached hydrogen (secondary N) is 2. The minimum absolute atomic E-state index is 0.328. The van der Waals surface area contributed by atoms with Crippen molar-refractivity contribution in [3.8, 4) is 17.1 Å². The molecule has 0 radical (unpaired) electrons. The van der Waals surface area contributed by atoms with E-state index in [1.54, 1.807) is 49.0 Å². The molecule has 1 aliphatic heterocycles. The molecular formula is C26H22FN5O2. The van der Waals surface area contributed by atoms with Gasteiger partial charge >= 0.3 is 0 Å². The Morgan fingerprint density at radius 3 is 2.44 bits per heavy atom. The predicted octanol–water partition coefficient (Wildman–Crippen LogP) is 5.02. The molecule has 170 valence electrons.